The summed E-state index contributed by atoms with van der Waals surface area (Å²) in [5.41, 5.74) is 6.49. The van der Waals surface area contributed by atoms with Crippen molar-refractivity contribution in [2.75, 3.05) is 0 Å². The number of hydrogen-bond donors (Lipinski definition) is 1. The van der Waals surface area contributed by atoms with Gasteiger partial charge in [-0.1, -0.05) is 24.3 Å². The Morgan fingerprint density at radius 3 is 2.47 bits per heavy atom. The van der Waals surface area contributed by atoms with E-state index in [9.17, 15) is 8.78 Å². The Morgan fingerprint density at radius 1 is 1.05 bits per heavy atom. The van der Waals surface area contributed by atoms with Crippen LogP contribution in [0, 0.1) is 11.6 Å². The minimum Gasteiger partial charge on any atom is -0.486 e. The van der Waals surface area contributed by atoms with E-state index in [1.54, 1.807) is 24.3 Å². The Bertz CT molecular complexity index is 590. The molecular weight excluding hydrogens is 316 g/mol. The molecule has 5 heteroatoms. The summed E-state index contributed by atoms with van der Waals surface area (Å²) in [5.74, 6) is -0.841. The van der Waals surface area contributed by atoms with Crippen molar-refractivity contribution in [2.24, 2.45) is 5.73 Å². The van der Waals surface area contributed by atoms with Gasteiger partial charge in [0.25, 0.3) is 0 Å². The van der Waals surface area contributed by atoms with Gasteiger partial charge in [-0.3, -0.25) is 0 Å². The van der Waals surface area contributed by atoms with Crippen molar-refractivity contribution in [3.05, 3.63) is 63.6 Å². The quantitative estimate of drug-likeness (QED) is 0.927. The van der Waals surface area contributed by atoms with E-state index in [0.717, 1.165) is 0 Å². The first kappa shape index (κ1) is 14.0. The van der Waals surface area contributed by atoms with Crippen LogP contribution in [-0.4, -0.2) is 0 Å². The zero-order valence-corrected chi connectivity index (χ0v) is 11.6. The highest BCUT2D eigenvalue weighted by Crippen LogP contribution is 2.29. The molecule has 0 saturated heterocycles. The van der Waals surface area contributed by atoms with Gasteiger partial charge in [0.2, 0.25) is 0 Å². The molecular formula is C14H12BrF2NO. The summed E-state index contributed by atoms with van der Waals surface area (Å²) >= 11 is 3.12. The third-order valence-electron chi connectivity index (χ3n) is 2.69. The van der Waals surface area contributed by atoms with Crippen molar-refractivity contribution in [1.82, 2.24) is 0 Å². The Labute approximate surface area is 118 Å². The number of benzene rings is 2. The highest BCUT2D eigenvalue weighted by molar-refractivity contribution is 9.10. The van der Waals surface area contributed by atoms with Gasteiger partial charge in [-0.25, -0.2) is 8.78 Å². The predicted molar refractivity (Wildman–Crippen MR) is 72.7 cm³/mol. The second-order valence-corrected chi connectivity index (χ2v) is 4.73. The topological polar surface area (TPSA) is 35.2 Å². The minimum atomic E-state index is -0.528. The summed E-state index contributed by atoms with van der Waals surface area (Å²) in [7, 11) is 0. The molecule has 0 atom stereocenters. The fraction of sp³-hybridized carbons (Fsp3) is 0.143. The molecule has 0 fully saturated rings. The zero-order chi connectivity index (χ0) is 13.8. The lowest BCUT2D eigenvalue weighted by molar-refractivity contribution is 0.284. The van der Waals surface area contributed by atoms with E-state index < -0.39 is 5.82 Å². The number of hydrogen-bond acceptors (Lipinski definition) is 2. The number of ether oxygens (including phenoxy) is 1. The molecule has 0 aliphatic carbocycles. The second kappa shape index (κ2) is 6.12. The zero-order valence-electron chi connectivity index (χ0n) is 10.00. The number of halogens is 3. The van der Waals surface area contributed by atoms with Crippen LogP contribution in [0.15, 0.2) is 40.9 Å². The normalized spacial score (nSPS) is 10.5. The molecule has 0 spiro atoms. The maximum absolute atomic E-state index is 13.9. The lowest BCUT2D eigenvalue weighted by Crippen LogP contribution is -2.03. The summed E-state index contributed by atoms with van der Waals surface area (Å²) < 4.78 is 32.9. The monoisotopic (exact) mass is 327 g/mol. The molecule has 0 saturated carbocycles. The SMILES string of the molecule is NCc1ccc(OCc2ccccc2F)c(F)c1Br. The Balaban J connectivity index is 2.17. The molecule has 0 heterocycles. The van der Waals surface area contributed by atoms with Gasteiger partial charge >= 0.3 is 0 Å². The maximum atomic E-state index is 13.9. The van der Waals surface area contributed by atoms with E-state index in [1.807, 2.05) is 0 Å². The third-order valence-corrected chi connectivity index (χ3v) is 3.55. The van der Waals surface area contributed by atoms with Crippen LogP contribution in [0.25, 0.3) is 0 Å². The number of nitrogens with two attached hydrogens (primary N) is 1. The van der Waals surface area contributed by atoms with E-state index in [0.29, 0.717) is 11.1 Å². The largest absolute Gasteiger partial charge is 0.486 e. The highest BCUT2D eigenvalue weighted by atomic mass is 79.9. The molecule has 0 aliphatic rings. The van der Waals surface area contributed by atoms with Crippen LogP contribution in [0.2, 0.25) is 0 Å². The standard InChI is InChI=1S/C14H12BrF2NO/c15-13-9(7-18)5-6-12(14(13)17)19-8-10-3-1-2-4-11(10)16/h1-6H,7-8,18H2. The highest BCUT2D eigenvalue weighted by Gasteiger charge is 2.12. The Hall–Kier alpha value is -1.46. The van der Waals surface area contributed by atoms with Gasteiger partial charge in [0.15, 0.2) is 11.6 Å². The molecule has 100 valence electrons. The van der Waals surface area contributed by atoms with Crippen LogP contribution in [0.1, 0.15) is 11.1 Å². The van der Waals surface area contributed by atoms with Crippen molar-refractivity contribution < 1.29 is 13.5 Å². The summed E-state index contributed by atoms with van der Waals surface area (Å²) in [4.78, 5) is 0. The first-order chi connectivity index (χ1) is 9.13. The van der Waals surface area contributed by atoms with Crippen molar-refractivity contribution in [1.29, 1.82) is 0 Å². The van der Waals surface area contributed by atoms with Crippen molar-refractivity contribution in [2.45, 2.75) is 13.2 Å². The van der Waals surface area contributed by atoms with Gasteiger partial charge in [0, 0.05) is 12.1 Å². The lowest BCUT2D eigenvalue weighted by Gasteiger charge is -2.10. The van der Waals surface area contributed by atoms with E-state index >= 15 is 0 Å². The smallest absolute Gasteiger partial charge is 0.179 e. The van der Waals surface area contributed by atoms with E-state index in [1.165, 1.54) is 12.1 Å². The van der Waals surface area contributed by atoms with Crippen LogP contribution in [-0.2, 0) is 13.2 Å². The maximum Gasteiger partial charge on any atom is 0.179 e. The summed E-state index contributed by atoms with van der Waals surface area (Å²) in [6, 6.07) is 9.38. The molecule has 2 aromatic carbocycles. The molecule has 2 aromatic rings. The lowest BCUT2D eigenvalue weighted by atomic mass is 10.2. The third kappa shape index (κ3) is 3.11. The molecule has 0 radical (unpaired) electrons. The van der Waals surface area contributed by atoms with Gasteiger partial charge in [0.05, 0.1) is 4.47 Å². The van der Waals surface area contributed by atoms with Crippen LogP contribution < -0.4 is 10.5 Å². The van der Waals surface area contributed by atoms with Gasteiger partial charge in [-0.2, -0.15) is 0 Å². The molecule has 2 nitrogen and oxygen atoms in total. The van der Waals surface area contributed by atoms with Crippen LogP contribution >= 0.6 is 15.9 Å². The van der Waals surface area contributed by atoms with Gasteiger partial charge in [-0.05, 0) is 33.6 Å². The molecule has 2 N–H and O–H groups in total. The summed E-state index contributed by atoms with van der Waals surface area (Å²) in [5, 5.41) is 0. The van der Waals surface area contributed by atoms with E-state index in [4.69, 9.17) is 10.5 Å². The molecule has 0 amide bonds. The van der Waals surface area contributed by atoms with E-state index in [-0.39, 0.29) is 29.2 Å². The van der Waals surface area contributed by atoms with Gasteiger partial charge in [0.1, 0.15) is 12.4 Å². The fourth-order valence-corrected chi connectivity index (χ4v) is 2.10. The molecule has 0 aliphatic heterocycles. The van der Waals surface area contributed by atoms with Crippen LogP contribution in [0.5, 0.6) is 5.75 Å². The first-order valence-electron chi connectivity index (χ1n) is 5.66. The second-order valence-electron chi connectivity index (χ2n) is 3.93. The molecule has 2 rings (SSSR count). The molecule has 0 aromatic heterocycles. The summed E-state index contributed by atoms with van der Waals surface area (Å²) in [6.45, 7) is 0.198. The van der Waals surface area contributed by atoms with Gasteiger partial charge < -0.3 is 10.5 Å². The minimum absolute atomic E-state index is 0.0298. The van der Waals surface area contributed by atoms with Crippen molar-refractivity contribution in [3.63, 3.8) is 0 Å². The van der Waals surface area contributed by atoms with Crippen molar-refractivity contribution in [3.8, 4) is 5.75 Å². The number of rotatable bonds is 4. The Kier molecular flexibility index (Phi) is 4.50. The van der Waals surface area contributed by atoms with Crippen molar-refractivity contribution >= 4 is 15.9 Å². The van der Waals surface area contributed by atoms with Crippen LogP contribution in [0.4, 0.5) is 8.78 Å². The van der Waals surface area contributed by atoms with Crippen LogP contribution in [0.3, 0.4) is 0 Å². The first-order valence-corrected chi connectivity index (χ1v) is 6.46. The fourth-order valence-electron chi connectivity index (χ4n) is 1.61. The predicted octanol–water partition coefficient (Wildman–Crippen LogP) is 3.77. The van der Waals surface area contributed by atoms with E-state index in [2.05, 4.69) is 15.9 Å². The molecule has 19 heavy (non-hydrogen) atoms. The molecule has 0 unspecified atom stereocenters. The van der Waals surface area contributed by atoms with Gasteiger partial charge in [-0.15, -0.1) is 0 Å². The molecule has 0 bridgehead atoms. The summed E-state index contributed by atoms with van der Waals surface area (Å²) in [6.07, 6.45) is 0. The Morgan fingerprint density at radius 2 is 1.79 bits per heavy atom. The average molecular weight is 328 g/mol. The average Bonchev–Trinajstić information content (AvgIpc) is 2.42.